The minimum atomic E-state index is -0.646. The molecule has 1 aromatic heterocycles. The topological polar surface area (TPSA) is 74.1 Å². The first-order chi connectivity index (χ1) is 14.2. The molecule has 158 valence electrons. The molecule has 0 saturated heterocycles. The number of nitrogens with two attached hydrogens (primary N) is 1. The van der Waals surface area contributed by atoms with Gasteiger partial charge >= 0.3 is 5.76 Å². The van der Waals surface area contributed by atoms with Crippen LogP contribution in [0.5, 0.6) is 0 Å². The Morgan fingerprint density at radius 3 is 2.03 bits per heavy atom. The molecule has 0 spiro atoms. The lowest BCUT2D eigenvalue weighted by molar-refractivity contribution is 0.206. The lowest BCUT2D eigenvalue weighted by Crippen LogP contribution is -2.39. The number of nitrogens with zero attached hydrogens (tertiary/aromatic N) is 2. The van der Waals surface area contributed by atoms with E-state index in [0.717, 1.165) is 12.8 Å². The standard InChI is InChI=1S/C25H31N3O2/c1-15(2)28-23(27-24(29)30-28)25(14-18(5)26)21-10-6-16(3)12-19(21)8-9-20-13-17(4)7-11-22(20)25/h6-7,10-13,15,18H,8-9,14,26H2,1-5H3/t18-/m1/s1. The summed E-state index contributed by atoms with van der Waals surface area (Å²) < 4.78 is 7.25. The van der Waals surface area contributed by atoms with E-state index < -0.39 is 11.2 Å². The van der Waals surface area contributed by atoms with E-state index >= 15 is 0 Å². The molecular weight excluding hydrogens is 374 g/mol. The Balaban J connectivity index is 2.17. The Bertz CT molecular complexity index is 1080. The van der Waals surface area contributed by atoms with Gasteiger partial charge in [0.25, 0.3) is 0 Å². The SMILES string of the molecule is Cc1ccc2c(c1)CCc1cc(C)ccc1C2(C[C@@H](C)N)c1nc(=O)on1C(C)C. The minimum absolute atomic E-state index is 0.0359. The molecule has 5 nitrogen and oxygen atoms in total. The van der Waals surface area contributed by atoms with Crippen molar-refractivity contribution in [2.75, 3.05) is 0 Å². The van der Waals surface area contributed by atoms with Crippen LogP contribution in [0.4, 0.5) is 0 Å². The molecule has 4 rings (SSSR count). The molecule has 1 atom stereocenters. The zero-order chi connectivity index (χ0) is 21.6. The van der Waals surface area contributed by atoms with Gasteiger partial charge < -0.3 is 10.3 Å². The molecule has 2 N–H and O–H groups in total. The number of aryl methyl sites for hydroxylation is 4. The second-order valence-corrected chi connectivity index (χ2v) is 9.12. The summed E-state index contributed by atoms with van der Waals surface area (Å²) >= 11 is 0. The van der Waals surface area contributed by atoms with Crippen LogP contribution in [-0.4, -0.2) is 15.8 Å². The lowest BCUT2D eigenvalue weighted by atomic mass is 9.67. The summed E-state index contributed by atoms with van der Waals surface area (Å²) in [7, 11) is 0. The van der Waals surface area contributed by atoms with E-state index in [1.807, 2.05) is 20.8 Å². The summed E-state index contributed by atoms with van der Waals surface area (Å²) in [4.78, 5) is 16.8. The van der Waals surface area contributed by atoms with E-state index in [1.54, 1.807) is 4.74 Å². The first kappa shape index (κ1) is 20.6. The molecule has 3 aromatic rings. The predicted molar refractivity (Wildman–Crippen MR) is 119 cm³/mol. The predicted octanol–water partition coefficient (Wildman–Crippen LogP) is 4.20. The van der Waals surface area contributed by atoms with Gasteiger partial charge in [0, 0.05) is 6.04 Å². The van der Waals surface area contributed by atoms with Crippen molar-refractivity contribution < 1.29 is 4.52 Å². The van der Waals surface area contributed by atoms with Crippen molar-refractivity contribution in [2.24, 2.45) is 5.73 Å². The molecule has 1 heterocycles. The van der Waals surface area contributed by atoms with Crippen LogP contribution in [0.25, 0.3) is 0 Å². The highest BCUT2D eigenvalue weighted by atomic mass is 16.5. The van der Waals surface area contributed by atoms with Gasteiger partial charge in [-0.25, -0.2) is 4.79 Å². The van der Waals surface area contributed by atoms with Gasteiger partial charge in [-0.2, -0.15) is 9.72 Å². The molecule has 1 aliphatic rings. The zero-order valence-electron chi connectivity index (χ0n) is 18.5. The Kier molecular flexibility index (Phi) is 5.18. The second kappa shape index (κ2) is 7.55. The fourth-order valence-corrected chi connectivity index (χ4v) is 5.06. The Morgan fingerprint density at radius 1 is 1.03 bits per heavy atom. The third kappa shape index (κ3) is 3.31. The van der Waals surface area contributed by atoms with Crippen molar-refractivity contribution >= 4 is 0 Å². The lowest BCUT2D eigenvalue weighted by Gasteiger charge is -2.37. The van der Waals surface area contributed by atoms with Gasteiger partial charge in [-0.05, 0) is 76.1 Å². The van der Waals surface area contributed by atoms with Gasteiger partial charge in [-0.1, -0.05) is 47.5 Å². The molecule has 0 saturated carbocycles. The zero-order valence-corrected chi connectivity index (χ0v) is 18.5. The Hall–Kier alpha value is -2.66. The summed E-state index contributed by atoms with van der Waals surface area (Å²) in [5.41, 5.74) is 13.2. The molecular formula is C25H31N3O2. The minimum Gasteiger partial charge on any atom is -0.328 e. The second-order valence-electron chi connectivity index (χ2n) is 9.12. The fraction of sp³-hybridized carbons (Fsp3) is 0.440. The van der Waals surface area contributed by atoms with Crippen LogP contribution in [0, 0.1) is 13.8 Å². The summed E-state index contributed by atoms with van der Waals surface area (Å²) in [5, 5.41) is 0. The first-order valence-corrected chi connectivity index (χ1v) is 10.8. The van der Waals surface area contributed by atoms with Gasteiger partial charge in [-0.3, -0.25) is 0 Å². The van der Waals surface area contributed by atoms with E-state index in [4.69, 9.17) is 10.3 Å². The third-order valence-electron chi connectivity index (χ3n) is 6.17. The summed E-state index contributed by atoms with van der Waals surface area (Å²) in [6.45, 7) is 10.3. The number of hydrogen-bond acceptors (Lipinski definition) is 4. The molecule has 0 amide bonds. The van der Waals surface area contributed by atoms with E-state index in [0.29, 0.717) is 12.2 Å². The summed E-state index contributed by atoms with van der Waals surface area (Å²) in [6.07, 6.45) is 2.52. The highest BCUT2D eigenvalue weighted by Crippen LogP contribution is 2.47. The first-order valence-electron chi connectivity index (χ1n) is 10.8. The van der Waals surface area contributed by atoms with Crippen molar-refractivity contribution in [2.45, 2.75) is 71.4 Å². The Labute approximate surface area is 177 Å². The van der Waals surface area contributed by atoms with Crippen molar-refractivity contribution in [1.29, 1.82) is 0 Å². The van der Waals surface area contributed by atoms with E-state index in [2.05, 4.69) is 55.2 Å². The van der Waals surface area contributed by atoms with Gasteiger partial charge in [0.2, 0.25) is 0 Å². The van der Waals surface area contributed by atoms with E-state index in [9.17, 15) is 4.79 Å². The Morgan fingerprint density at radius 2 is 1.57 bits per heavy atom. The molecule has 0 aliphatic heterocycles. The van der Waals surface area contributed by atoms with Crippen LogP contribution in [-0.2, 0) is 18.3 Å². The van der Waals surface area contributed by atoms with Crippen molar-refractivity contribution in [1.82, 2.24) is 9.72 Å². The number of aromatic nitrogens is 2. The molecule has 5 heteroatoms. The molecule has 0 fully saturated rings. The molecule has 30 heavy (non-hydrogen) atoms. The van der Waals surface area contributed by atoms with Crippen LogP contribution in [0.3, 0.4) is 0 Å². The number of benzene rings is 2. The monoisotopic (exact) mass is 405 g/mol. The van der Waals surface area contributed by atoms with Crippen LogP contribution < -0.4 is 11.5 Å². The highest BCUT2D eigenvalue weighted by Gasteiger charge is 2.46. The molecule has 0 bridgehead atoms. The van der Waals surface area contributed by atoms with Crippen LogP contribution in [0.15, 0.2) is 45.7 Å². The third-order valence-corrected chi connectivity index (χ3v) is 6.17. The van der Waals surface area contributed by atoms with Crippen molar-refractivity contribution in [3.63, 3.8) is 0 Å². The average molecular weight is 406 g/mol. The quantitative estimate of drug-likeness (QED) is 0.706. The number of fused-ring (bicyclic) bond motifs is 2. The van der Waals surface area contributed by atoms with E-state index in [-0.39, 0.29) is 12.1 Å². The molecule has 1 aliphatic carbocycles. The number of hydrogen-bond donors (Lipinski definition) is 1. The van der Waals surface area contributed by atoms with Crippen LogP contribution in [0.1, 0.15) is 72.4 Å². The van der Waals surface area contributed by atoms with Gasteiger partial charge in [-0.15, -0.1) is 0 Å². The molecule has 2 aromatic carbocycles. The van der Waals surface area contributed by atoms with Crippen molar-refractivity contribution in [3.05, 3.63) is 86.2 Å². The van der Waals surface area contributed by atoms with Crippen molar-refractivity contribution in [3.8, 4) is 0 Å². The number of rotatable bonds is 4. The summed E-state index contributed by atoms with van der Waals surface area (Å²) in [6, 6.07) is 13.1. The van der Waals surface area contributed by atoms with Gasteiger partial charge in [0.05, 0.1) is 11.5 Å². The highest BCUT2D eigenvalue weighted by molar-refractivity contribution is 5.56. The van der Waals surface area contributed by atoms with Gasteiger partial charge in [0.1, 0.15) is 0 Å². The van der Waals surface area contributed by atoms with Crippen LogP contribution in [0.2, 0.25) is 0 Å². The fourth-order valence-electron chi connectivity index (χ4n) is 5.06. The van der Waals surface area contributed by atoms with Gasteiger partial charge in [0.15, 0.2) is 5.82 Å². The maximum Gasteiger partial charge on any atom is 0.459 e. The smallest absolute Gasteiger partial charge is 0.328 e. The molecule has 0 unspecified atom stereocenters. The average Bonchev–Trinajstić information content (AvgIpc) is 3.02. The molecule has 0 radical (unpaired) electrons. The maximum atomic E-state index is 12.4. The normalized spacial score (nSPS) is 16.1. The largest absolute Gasteiger partial charge is 0.459 e. The maximum absolute atomic E-state index is 12.4. The van der Waals surface area contributed by atoms with Crippen LogP contribution >= 0.6 is 0 Å². The van der Waals surface area contributed by atoms with E-state index in [1.165, 1.54) is 33.4 Å². The summed E-state index contributed by atoms with van der Waals surface area (Å²) in [5.74, 6) is 0.0891.